The molecule has 1 aliphatic heterocycles. The molecule has 0 spiro atoms. The molecule has 0 unspecified atom stereocenters. The molecule has 0 amide bonds. The molecule has 3 rings (SSSR count). The summed E-state index contributed by atoms with van der Waals surface area (Å²) in [5, 5.41) is 14.5. The average Bonchev–Trinajstić information content (AvgIpc) is 2.90. The molecule has 1 saturated heterocycles. The first-order chi connectivity index (χ1) is 7.16. The summed E-state index contributed by atoms with van der Waals surface area (Å²) in [6.45, 7) is 2.53. The molecule has 1 aromatic heterocycles. The van der Waals surface area contributed by atoms with Crippen LogP contribution in [0.2, 0.25) is 0 Å². The Morgan fingerprint density at radius 2 is 2.27 bits per heavy atom. The van der Waals surface area contributed by atoms with Gasteiger partial charge in [0, 0.05) is 32.9 Å². The summed E-state index contributed by atoms with van der Waals surface area (Å²) in [4.78, 5) is 2.26. The maximum atomic E-state index is 10.1. The molecule has 0 atom stereocenters. The van der Waals surface area contributed by atoms with E-state index < -0.39 is 0 Å². The first-order valence-corrected chi connectivity index (χ1v) is 5.59. The van der Waals surface area contributed by atoms with Gasteiger partial charge in [-0.1, -0.05) is 0 Å². The van der Waals surface area contributed by atoms with Crippen LogP contribution in [0.1, 0.15) is 18.5 Å². The highest BCUT2D eigenvalue weighted by atomic mass is 16.3. The fourth-order valence-corrected chi connectivity index (χ4v) is 2.50. The standard InChI is InChI=1S/C11H17N3O/c1-13-5-4-10(12-13)6-14-7-11(15,8-14)9-2-3-9/h4-5,9,15H,2-3,6-8H2,1H3. The van der Waals surface area contributed by atoms with E-state index in [1.165, 1.54) is 12.8 Å². The molecule has 0 aromatic carbocycles. The number of aromatic nitrogens is 2. The van der Waals surface area contributed by atoms with Gasteiger partial charge in [-0.15, -0.1) is 0 Å². The van der Waals surface area contributed by atoms with Crippen LogP contribution < -0.4 is 0 Å². The van der Waals surface area contributed by atoms with Crippen molar-refractivity contribution in [1.82, 2.24) is 14.7 Å². The minimum atomic E-state index is -0.366. The third-order valence-corrected chi connectivity index (χ3v) is 3.49. The van der Waals surface area contributed by atoms with Gasteiger partial charge in [0.2, 0.25) is 0 Å². The molecule has 0 bridgehead atoms. The van der Waals surface area contributed by atoms with Crippen LogP contribution in [0.25, 0.3) is 0 Å². The van der Waals surface area contributed by atoms with Gasteiger partial charge in [-0.25, -0.2) is 0 Å². The van der Waals surface area contributed by atoms with E-state index in [1.54, 1.807) is 0 Å². The maximum Gasteiger partial charge on any atom is 0.0928 e. The van der Waals surface area contributed by atoms with Gasteiger partial charge >= 0.3 is 0 Å². The summed E-state index contributed by atoms with van der Waals surface area (Å²) >= 11 is 0. The van der Waals surface area contributed by atoms with Gasteiger partial charge < -0.3 is 5.11 Å². The minimum Gasteiger partial charge on any atom is -0.387 e. The molecule has 4 nitrogen and oxygen atoms in total. The molecule has 1 aromatic rings. The highest BCUT2D eigenvalue weighted by Gasteiger charge is 2.51. The molecular formula is C11H17N3O. The van der Waals surface area contributed by atoms with Crippen LogP contribution in [0.15, 0.2) is 12.3 Å². The number of hydrogen-bond acceptors (Lipinski definition) is 3. The second-order valence-electron chi connectivity index (χ2n) is 5.00. The highest BCUT2D eigenvalue weighted by molar-refractivity contribution is 5.08. The molecule has 1 aliphatic carbocycles. The zero-order valence-corrected chi connectivity index (χ0v) is 9.06. The van der Waals surface area contributed by atoms with E-state index in [0.29, 0.717) is 5.92 Å². The van der Waals surface area contributed by atoms with E-state index in [0.717, 1.165) is 25.3 Å². The lowest BCUT2D eigenvalue weighted by molar-refractivity contribution is -0.117. The fourth-order valence-electron chi connectivity index (χ4n) is 2.50. The minimum absolute atomic E-state index is 0.366. The first-order valence-electron chi connectivity index (χ1n) is 5.59. The largest absolute Gasteiger partial charge is 0.387 e. The number of β-amino-alcohol motifs (C(OH)–C–C–N with tert-alkyl or cyclic N) is 1. The highest BCUT2D eigenvalue weighted by Crippen LogP contribution is 2.44. The van der Waals surface area contributed by atoms with Crippen LogP contribution in [-0.4, -0.2) is 38.5 Å². The Hall–Kier alpha value is -0.870. The molecule has 2 heterocycles. The molecule has 2 fully saturated rings. The third-order valence-electron chi connectivity index (χ3n) is 3.49. The summed E-state index contributed by atoms with van der Waals surface area (Å²) < 4.78 is 1.82. The van der Waals surface area contributed by atoms with Crippen molar-refractivity contribution in [3.63, 3.8) is 0 Å². The van der Waals surface area contributed by atoms with Gasteiger partial charge in [0.15, 0.2) is 0 Å². The SMILES string of the molecule is Cn1ccc(CN2CC(O)(C3CC3)C2)n1. The van der Waals surface area contributed by atoms with Gasteiger partial charge in [-0.05, 0) is 24.8 Å². The summed E-state index contributed by atoms with van der Waals surface area (Å²) in [5.74, 6) is 0.581. The van der Waals surface area contributed by atoms with Crippen molar-refractivity contribution in [2.24, 2.45) is 13.0 Å². The van der Waals surface area contributed by atoms with Crippen molar-refractivity contribution >= 4 is 0 Å². The van der Waals surface area contributed by atoms with E-state index in [2.05, 4.69) is 10.00 Å². The number of rotatable bonds is 3. The zero-order valence-electron chi connectivity index (χ0n) is 9.06. The summed E-state index contributed by atoms with van der Waals surface area (Å²) in [7, 11) is 1.93. The van der Waals surface area contributed by atoms with Crippen LogP contribution in [0.3, 0.4) is 0 Å². The molecule has 4 heteroatoms. The lowest BCUT2D eigenvalue weighted by Gasteiger charge is -2.46. The Morgan fingerprint density at radius 3 is 2.80 bits per heavy atom. The molecule has 2 aliphatic rings. The summed E-state index contributed by atoms with van der Waals surface area (Å²) in [5.41, 5.74) is 0.727. The number of aliphatic hydroxyl groups is 1. The Labute approximate surface area is 89.5 Å². The maximum absolute atomic E-state index is 10.1. The Bertz CT molecular complexity index is 364. The van der Waals surface area contributed by atoms with Crippen molar-refractivity contribution in [2.75, 3.05) is 13.1 Å². The number of nitrogens with zero attached hydrogens (tertiary/aromatic N) is 3. The Morgan fingerprint density at radius 1 is 1.53 bits per heavy atom. The topological polar surface area (TPSA) is 41.3 Å². The zero-order chi connectivity index (χ0) is 10.5. The molecular weight excluding hydrogens is 190 g/mol. The molecule has 1 N–H and O–H groups in total. The summed E-state index contributed by atoms with van der Waals surface area (Å²) in [6, 6.07) is 2.04. The average molecular weight is 207 g/mol. The smallest absolute Gasteiger partial charge is 0.0928 e. The lowest BCUT2D eigenvalue weighted by Crippen LogP contribution is -2.62. The van der Waals surface area contributed by atoms with E-state index in [4.69, 9.17) is 0 Å². The second kappa shape index (κ2) is 3.06. The van der Waals surface area contributed by atoms with Gasteiger partial charge in [-0.2, -0.15) is 5.10 Å². The van der Waals surface area contributed by atoms with Gasteiger partial charge in [-0.3, -0.25) is 9.58 Å². The third kappa shape index (κ3) is 1.68. The van der Waals surface area contributed by atoms with Crippen molar-refractivity contribution < 1.29 is 5.11 Å². The van der Waals surface area contributed by atoms with E-state index in [1.807, 2.05) is 24.0 Å². The monoisotopic (exact) mass is 207 g/mol. The quantitative estimate of drug-likeness (QED) is 0.779. The molecule has 1 saturated carbocycles. The van der Waals surface area contributed by atoms with Crippen molar-refractivity contribution in [1.29, 1.82) is 0 Å². The van der Waals surface area contributed by atoms with Gasteiger partial charge in [0.05, 0.1) is 11.3 Å². The second-order valence-corrected chi connectivity index (χ2v) is 5.00. The lowest BCUT2D eigenvalue weighted by atomic mass is 9.89. The number of likely N-dealkylation sites (tertiary alicyclic amines) is 1. The van der Waals surface area contributed by atoms with E-state index in [9.17, 15) is 5.11 Å². The van der Waals surface area contributed by atoms with Crippen molar-refractivity contribution in [3.8, 4) is 0 Å². The predicted octanol–water partition coefficient (Wildman–Crippen LogP) is 0.377. The molecule has 0 radical (unpaired) electrons. The van der Waals surface area contributed by atoms with Crippen LogP contribution in [-0.2, 0) is 13.6 Å². The number of hydrogen-bond donors (Lipinski definition) is 1. The van der Waals surface area contributed by atoms with Crippen molar-refractivity contribution in [3.05, 3.63) is 18.0 Å². The predicted molar refractivity (Wildman–Crippen MR) is 56.2 cm³/mol. The fraction of sp³-hybridized carbons (Fsp3) is 0.727. The van der Waals surface area contributed by atoms with Crippen LogP contribution in [0.5, 0.6) is 0 Å². The Balaban J connectivity index is 1.55. The molecule has 82 valence electrons. The van der Waals surface area contributed by atoms with E-state index >= 15 is 0 Å². The van der Waals surface area contributed by atoms with Gasteiger partial charge in [0.25, 0.3) is 0 Å². The molecule has 15 heavy (non-hydrogen) atoms. The first kappa shape index (κ1) is 9.36. The number of aryl methyl sites for hydroxylation is 1. The Kier molecular flexibility index (Phi) is 1.91. The normalized spacial score (nSPS) is 25.2. The van der Waals surface area contributed by atoms with Crippen LogP contribution in [0.4, 0.5) is 0 Å². The summed E-state index contributed by atoms with van der Waals surface area (Å²) in [6.07, 6.45) is 4.39. The van der Waals surface area contributed by atoms with Crippen LogP contribution >= 0.6 is 0 Å². The van der Waals surface area contributed by atoms with Crippen LogP contribution in [0, 0.1) is 5.92 Å². The van der Waals surface area contributed by atoms with E-state index in [-0.39, 0.29) is 5.60 Å². The van der Waals surface area contributed by atoms with Gasteiger partial charge in [0.1, 0.15) is 0 Å². The van der Waals surface area contributed by atoms with Crippen molar-refractivity contribution in [2.45, 2.75) is 25.0 Å².